The van der Waals surface area contributed by atoms with Crippen molar-refractivity contribution in [3.8, 4) is 28.3 Å². The highest BCUT2D eigenvalue weighted by Crippen LogP contribution is 2.39. The number of nitrogens with zero attached hydrogens (tertiary/aromatic N) is 4. The van der Waals surface area contributed by atoms with Gasteiger partial charge in [0.25, 0.3) is 0 Å². The fourth-order valence-corrected chi connectivity index (χ4v) is 5.80. The van der Waals surface area contributed by atoms with Crippen LogP contribution in [0.2, 0.25) is 0 Å². The van der Waals surface area contributed by atoms with E-state index in [-0.39, 0.29) is 0 Å². The Morgan fingerprint density at radius 1 is 0.714 bits per heavy atom. The van der Waals surface area contributed by atoms with Gasteiger partial charge < -0.3 is 9.88 Å². The van der Waals surface area contributed by atoms with Crippen molar-refractivity contribution < 1.29 is 0 Å². The summed E-state index contributed by atoms with van der Waals surface area (Å²) in [4.78, 5) is 5.95. The Kier molecular flexibility index (Phi) is 6.74. The van der Waals surface area contributed by atoms with Crippen LogP contribution in [0.4, 0.5) is 11.4 Å². The Morgan fingerprint density at radius 3 is 1.90 bits per heavy atom. The van der Waals surface area contributed by atoms with E-state index in [0.717, 1.165) is 50.6 Å². The molecule has 0 fully saturated rings. The molecule has 0 unspecified atom stereocenters. The van der Waals surface area contributed by atoms with E-state index in [1.165, 1.54) is 5.56 Å². The summed E-state index contributed by atoms with van der Waals surface area (Å²) in [6.07, 6.45) is 0. The van der Waals surface area contributed by atoms with Gasteiger partial charge in [0.15, 0.2) is 5.82 Å². The Hall–Kier alpha value is -5.20. The van der Waals surface area contributed by atoms with E-state index >= 15 is 0 Å². The number of aromatic nitrogens is 4. The molecule has 204 valence electrons. The molecule has 0 aliphatic carbocycles. The standard InChI is InChI=1S/C36H29N5S/c1-26-22-23-32-31(24-26)33(27-14-6-2-7-15-27)34(37-32)35-38-40(36(42)41(35)30-20-12-5-13-21-30)25-39(28-16-8-3-9-17-28)29-18-10-4-11-19-29/h2-24,37H,25H2,1H3. The SMILES string of the molecule is Cc1ccc2[nH]c(-c3nn(CN(c4ccccc4)c4ccccc4)c(=S)n3-c3ccccc3)c(-c3ccccc3)c2c1. The van der Waals surface area contributed by atoms with Crippen LogP contribution in [0.5, 0.6) is 0 Å². The number of hydrogen-bond acceptors (Lipinski definition) is 3. The molecule has 1 N–H and O–H groups in total. The van der Waals surface area contributed by atoms with Gasteiger partial charge in [-0.1, -0.05) is 96.6 Å². The van der Waals surface area contributed by atoms with E-state index < -0.39 is 0 Å². The van der Waals surface area contributed by atoms with Crippen molar-refractivity contribution in [2.24, 2.45) is 0 Å². The van der Waals surface area contributed by atoms with Gasteiger partial charge in [0, 0.05) is 27.8 Å². The number of benzene rings is 5. The van der Waals surface area contributed by atoms with E-state index in [0.29, 0.717) is 11.4 Å². The van der Waals surface area contributed by atoms with E-state index in [2.05, 4.69) is 125 Å². The van der Waals surface area contributed by atoms with Crippen molar-refractivity contribution in [3.05, 3.63) is 150 Å². The lowest BCUT2D eigenvalue weighted by atomic mass is 10.0. The Labute approximate surface area is 249 Å². The van der Waals surface area contributed by atoms with Crippen LogP contribution in [-0.2, 0) is 6.67 Å². The summed E-state index contributed by atoms with van der Waals surface area (Å²) in [7, 11) is 0. The van der Waals surface area contributed by atoms with Crippen LogP contribution in [0.1, 0.15) is 5.56 Å². The summed E-state index contributed by atoms with van der Waals surface area (Å²) in [5.41, 5.74) is 8.52. The van der Waals surface area contributed by atoms with Gasteiger partial charge >= 0.3 is 0 Å². The van der Waals surface area contributed by atoms with E-state index in [1.54, 1.807) is 0 Å². The molecule has 0 bridgehead atoms. The molecule has 5 aromatic carbocycles. The maximum absolute atomic E-state index is 6.20. The maximum atomic E-state index is 6.20. The lowest BCUT2D eigenvalue weighted by Gasteiger charge is -2.24. The normalized spacial score (nSPS) is 11.2. The minimum Gasteiger partial charge on any atom is -0.351 e. The van der Waals surface area contributed by atoms with Crippen molar-refractivity contribution in [3.63, 3.8) is 0 Å². The summed E-state index contributed by atoms with van der Waals surface area (Å²) in [5.74, 6) is 0.764. The van der Waals surface area contributed by atoms with Gasteiger partial charge in [0.1, 0.15) is 6.67 Å². The zero-order valence-corrected chi connectivity index (χ0v) is 24.0. The molecule has 2 aromatic heterocycles. The number of aromatic amines is 1. The first-order valence-corrected chi connectivity index (χ1v) is 14.4. The van der Waals surface area contributed by atoms with Crippen molar-refractivity contribution in [2.75, 3.05) is 4.90 Å². The summed E-state index contributed by atoms with van der Waals surface area (Å²) >= 11 is 6.20. The second-order valence-corrected chi connectivity index (χ2v) is 10.7. The van der Waals surface area contributed by atoms with E-state index in [1.807, 2.05) is 41.1 Å². The maximum Gasteiger partial charge on any atom is 0.204 e. The highest BCUT2D eigenvalue weighted by molar-refractivity contribution is 7.71. The third-order valence-electron chi connectivity index (χ3n) is 7.50. The number of H-pyrrole nitrogens is 1. The zero-order valence-electron chi connectivity index (χ0n) is 23.2. The first-order valence-electron chi connectivity index (χ1n) is 14.0. The molecular formula is C36H29N5S. The largest absolute Gasteiger partial charge is 0.351 e. The van der Waals surface area contributed by atoms with Gasteiger partial charge in [0.05, 0.1) is 11.4 Å². The number of rotatable bonds is 7. The Bertz CT molecular complexity index is 1990. The molecule has 0 amide bonds. The van der Waals surface area contributed by atoms with Crippen LogP contribution < -0.4 is 4.90 Å². The van der Waals surface area contributed by atoms with Gasteiger partial charge in [-0.3, -0.25) is 4.57 Å². The van der Waals surface area contributed by atoms with Gasteiger partial charge in [-0.2, -0.15) is 0 Å². The summed E-state index contributed by atoms with van der Waals surface area (Å²) in [5, 5.41) is 6.41. The Morgan fingerprint density at radius 2 is 1.29 bits per heavy atom. The number of para-hydroxylation sites is 3. The first-order chi connectivity index (χ1) is 20.7. The minimum atomic E-state index is 0.444. The van der Waals surface area contributed by atoms with Gasteiger partial charge in [-0.05, 0) is 73.2 Å². The van der Waals surface area contributed by atoms with Gasteiger partial charge in [-0.15, -0.1) is 5.10 Å². The Balaban J connectivity index is 1.47. The van der Waals surface area contributed by atoms with Crippen LogP contribution in [-0.4, -0.2) is 19.3 Å². The molecule has 0 saturated heterocycles. The molecule has 0 atom stereocenters. The molecule has 0 saturated carbocycles. The fourth-order valence-electron chi connectivity index (χ4n) is 5.51. The summed E-state index contributed by atoms with van der Waals surface area (Å²) in [6, 6.07) is 48.0. The molecule has 0 aliphatic rings. The highest BCUT2D eigenvalue weighted by atomic mass is 32.1. The monoisotopic (exact) mass is 563 g/mol. The third-order valence-corrected chi connectivity index (χ3v) is 7.90. The van der Waals surface area contributed by atoms with Crippen molar-refractivity contribution in [2.45, 2.75) is 13.6 Å². The number of fused-ring (bicyclic) bond motifs is 1. The fraction of sp³-hybridized carbons (Fsp3) is 0.0556. The topological polar surface area (TPSA) is 41.8 Å². The molecule has 2 heterocycles. The number of hydrogen-bond donors (Lipinski definition) is 1. The van der Waals surface area contributed by atoms with E-state index in [9.17, 15) is 0 Å². The molecule has 0 aliphatic heterocycles. The van der Waals surface area contributed by atoms with Crippen LogP contribution in [0.15, 0.2) is 140 Å². The molecule has 5 nitrogen and oxygen atoms in total. The smallest absolute Gasteiger partial charge is 0.204 e. The lowest BCUT2D eigenvalue weighted by molar-refractivity contribution is 0.612. The predicted octanol–water partition coefficient (Wildman–Crippen LogP) is 9.32. The number of nitrogens with one attached hydrogen (secondary N) is 1. The summed E-state index contributed by atoms with van der Waals surface area (Å²) < 4.78 is 4.61. The molecule has 7 aromatic rings. The molecule has 42 heavy (non-hydrogen) atoms. The molecular weight excluding hydrogens is 534 g/mol. The van der Waals surface area contributed by atoms with Crippen LogP contribution in [0, 0.1) is 11.7 Å². The average Bonchev–Trinajstić information content (AvgIpc) is 3.58. The highest BCUT2D eigenvalue weighted by Gasteiger charge is 2.23. The van der Waals surface area contributed by atoms with Gasteiger partial charge in [0.2, 0.25) is 4.77 Å². The van der Waals surface area contributed by atoms with Crippen molar-refractivity contribution in [1.82, 2.24) is 19.3 Å². The molecule has 6 heteroatoms. The lowest BCUT2D eigenvalue weighted by Crippen LogP contribution is -2.22. The average molecular weight is 564 g/mol. The minimum absolute atomic E-state index is 0.444. The molecule has 0 spiro atoms. The molecule has 0 radical (unpaired) electrons. The first kappa shape index (κ1) is 25.7. The number of aryl methyl sites for hydroxylation is 1. The van der Waals surface area contributed by atoms with Crippen LogP contribution in [0.3, 0.4) is 0 Å². The second-order valence-electron chi connectivity index (χ2n) is 10.3. The molecule has 7 rings (SSSR count). The van der Waals surface area contributed by atoms with Crippen molar-refractivity contribution in [1.29, 1.82) is 0 Å². The quantitative estimate of drug-likeness (QED) is 0.197. The third kappa shape index (κ3) is 4.72. The van der Waals surface area contributed by atoms with E-state index in [4.69, 9.17) is 17.3 Å². The number of anilines is 2. The van der Waals surface area contributed by atoms with Crippen LogP contribution >= 0.6 is 12.2 Å². The van der Waals surface area contributed by atoms with Crippen LogP contribution in [0.25, 0.3) is 39.2 Å². The zero-order chi connectivity index (χ0) is 28.5. The summed E-state index contributed by atoms with van der Waals surface area (Å²) in [6.45, 7) is 2.57. The van der Waals surface area contributed by atoms with Crippen molar-refractivity contribution >= 4 is 34.5 Å². The second kappa shape index (κ2) is 11.0. The predicted molar refractivity (Wildman–Crippen MR) is 175 cm³/mol. The van der Waals surface area contributed by atoms with Gasteiger partial charge in [-0.25, -0.2) is 4.68 Å².